The Balaban J connectivity index is 1.10. The van der Waals surface area contributed by atoms with Crippen LogP contribution in [0.3, 0.4) is 0 Å². The summed E-state index contributed by atoms with van der Waals surface area (Å²) in [5, 5.41) is 9.67. The second-order valence-corrected chi connectivity index (χ2v) is 13.5. The zero-order valence-corrected chi connectivity index (χ0v) is 27.7. The molecular formula is C46H34N4. The first-order valence-corrected chi connectivity index (χ1v) is 17.5. The third-order valence-electron chi connectivity index (χ3n) is 10.5. The summed E-state index contributed by atoms with van der Waals surface area (Å²) in [6, 6.07) is 53.2. The van der Waals surface area contributed by atoms with Crippen molar-refractivity contribution in [3.8, 4) is 73.6 Å². The largest absolute Gasteiger partial charge is 0.208 e. The van der Waals surface area contributed by atoms with Gasteiger partial charge in [-0.3, -0.25) is 0 Å². The average Bonchev–Trinajstić information content (AvgIpc) is 3.45. The summed E-state index contributed by atoms with van der Waals surface area (Å²) >= 11 is 0. The fraction of sp³-hybridized carbons (Fsp3) is 0.130. The van der Waals surface area contributed by atoms with E-state index in [0.29, 0.717) is 17.5 Å². The maximum Gasteiger partial charge on any atom is 0.164 e. The lowest BCUT2D eigenvalue weighted by atomic mass is 9.67. The van der Waals surface area contributed by atoms with E-state index < -0.39 is 0 Å². The number of hydrogen-bond donors (Lipinski definition) is 0. The van der Waals surface area contributed by atoms with Gasteiger partial charge in [0.15, 0.2) is 17.5 Å². The van der Waals surface area contributed by atoms with Gasteiger partial charge in [0.25, 0.3) is 0 Å². The third-order valence-corrected chi connectivity index (χ3v) is 10.5. The molecular weight excluding hydrogens is 609 g/mol. The van der Waals surface area contributed by atoms with E-state index in [4.69, 9.17) is 15.0 Å². The molecule has 0 amide bonds. The van der Waals surface area contributed by atoms with Crippen LogP contribution in [0.15, 0.2) is 146 Å². The zero-order valence-electron chi connectivity index (χ0n) is 27.7. The first-order chi connectivity index (χ1) is 24.7. The molecule has 0 saturated heterocycles. The Bertz CT molecular complexity index is 2360. The van der Waals surface area contributed by atoms with Crippen LogP contribution in [0.1, 0.15) is 48.8 Å². The highest BCUT2D eigenvalue weighted by atomic mass is 15.0. The van der Waals surface area contributed by atoms with Crippen LogP contribution in [0.4, 0.5) is 0 Å². The molecule has 4 heteroatoms. The molecule has 9 rings (SSSR count). The van der Waals surface area contributed by atoms with Gasteiger partial charge in [0, 0.05) is 22.1 Å². The maximum absolute atomic E-state index is 9.67. The molecule has 0 atom stereocenters. The molecule has 0 unspecified atom stereocenters. The second-order valence-electron chi connectivity index (χ2n) is 13.5. The minimum absolute atomic E-state index is 0.0284. The number of nitriles is 1. The second kappa shape index (κ2) is 12.4. The number of benzene rings is 6. The molecule has 4 nitrogen and oxygen atoms in total. The van der Waals surface area contributed by atoms with Gasteiger partial charge in [-0.05, 0) is 87.7 Å². The first kappa shape index (κ1) is 29.9. The summed E-state index contributed by atoms with van der Waals surface area (Å²) < 4.78 is 0. The van der Waals surface area contributed by atoms with Crippen molar-refractivity contribution >= 4 is 0 Å². The summed E-state index contributed by atoms with van der Waals surface area (Å²) in [4.78, 5) is 14.8. The third kappa shape index (κ3) is 5.19. The van der Waals surface area contributed by atoms with Crippen molar-refractivity contribution in [2.75, 3.05) is 0 Å². The molecule has 1 fully saturated rings. The van der Waals surface area contributed by atoms with E-state index in [1.807, 2.05) is 66.7 Å². The number of aromatic nitrogens is 3. The number of nitrogens with zero attached hydrogens (tertiary/aromatic N) is 4. The monoisotopic (exact) mass is 642 g/mol. The van der Waals surface area contributed by atoms with Crippen molar-refractivity contribution in [2.24, 2.45) is 0 Å². The topological polar surface area (TPSA) is 62.5 Å². The van der Waals surface area contributed by atoms with Crippen LogP contribution >= 0.6 is 0 Å². The van der Waals surface area contributed by atoms with E-state index in [-0.39, 0.29) is 5.41 Å². The number of rotatable bonds is 5. The van der Waals surface area contributed by atoms with E-state index in [2.05, 4.69) is 84.9 Å². The molecule has 0 radical (unpaired) electrons. The molecule has 2 aliphatic carbocycles. The van der Waals surface area contributed by atoms with Crippen molar-refractivity contribution in [1.29, 1.82) is 5.26 Å². The lowest BCUT2D eigenvalue weighted by Gasteiger charge is -2.36. The summed E-state index contributed by atoms with van der Waals surface area (Å²) in [6.45, 7) is 0. The van der Waals surface area contributed by atoms with Gasteiger partial charge in [0.1, 0.15) is 0 Å². The Kier molecular flexibility index (Phi) is 7.40. The van der Waals surface area contributed by atoms with Gasteiger partial charge in [-0.1, -0.05) is 135 Å². The highest BCUT2D eigenvalue weighted by Crippen LogP contribution is 2.56. The number of fused-ring (bicyclic) bond motifs is 5. The van der Waals surface area contributed by atoms with Crippen molar-refractivity contribution < 1.29 is 0 Å². The molecule has 50 heavy (non-hydrogen) atoms. The van der Waals surface area contributed by atoms with Gasteiger partial charge in [-0.15, -0.1) is 0 Å². The van der Waals surface area contributed by atoms with Gasteiger partial charge in [0.05, 0.1) is 11.6 Å². The van der Waals surface area contributed by atoms with Crippen molar-refractivity contribution in [3.05, 3.63) is 162 Å². The Morgan fingerprint density at radius 2 is 0.940 bits per heavy atom. The normalized spacial score (nSPS) is 14.1. The molecule has 7 aromatic rings. The summed E-state index contributed by atoms with van der Waals surface area (Å²) in [7, 11) is 0. The molecule has 0 bridgehead atoms. The Labute approximate surface area is 292 Å². The average molecular weight is 643 g/mol. The van der Waals surface area contributed by atoms with Crippen molar-refractivity contribution in [2.45, 2.75) is 37.5 Å². The Morgan fingerprint density at radius 1 is 0.420 bits per heavy atom. The van der Waals surface area contributed by atoms with Crippen LogP contribution in [0.5, 0.6) is 0 Å². The summed E-state index contributed by atoms with van der Waals surface area (Å²) in [5.41, 5.74) is 13.6. The van der Waals surface area contributed by atoms with Crippen molar-refractivity contribution in [3.63, 3.8) is 0 Å². The molecule has 1 heterocycles. The van der Waals surface area contributed by atoms with Gasteiger partial charge >= 0.3 is 0 Å². The molecule has 238 valence electrons. The van der Waals surface area contributed by atoms with E-state index in [1.165, 1.54) is 52.6 Å². The first-order valence-electron chi connectivity index (χ1n) is 17.5. The molecule has 1 aromatic heterocycles. The highest BCUT2D eigenvalue weighted by molar-refractivity contribution is 5.85. The van der Waals surface area contributed by atoms with Gasteiger partial charge in [-0.25, -0.2) is 15.0 Å². The summed E-state index contributed by atoms with van der Waals surface area (Å²) in [5.74, 6) is 1.95. The SMILES string of the molecule is N#Cc1ccc2c(c1)-c1ccc(-c3cccc(-c4cccc(-c5nc(-c6ccccc6)nc(-c6ccccc6)n5)c4)c3)cc1C21CCCCC1. The quantitative estimate of drug-likeness (QED) is 0.187. The molecule has 6 aromatic carbocycles. The number of hydrogen-bond acceptors (Lipinski definition) is 4. The van der Waals surface area contributed by atoms with Gasteiger partial charge in [0.2, 0.25) is 0 Å². The lowest BCUT2D eigenvalue weighted by Crippen LogP contribution is -2.28. The zero-order chi connectivity index (χ0) is 33.5. The molecule has 1 saturated carbocycles. The predicted molar refractivity (Wildman–Crippen MR) is 201 cm³/mol. The maximum atomic E-state index is 9.67. The van der Waals surface area contributed by atoms with Gasteiger partial charge < -0.3 is 0 Å². The minimum Gasteiger partial charge on any atom is -0.208 e. The van der Waals surface area contributed by atoms with E-state index in [9.17, 15) is 5.26 Å². The van der Waals surface area contributed by atoms with Crippen LogP contribution in [-0.4, -0.2) is 15.0 Å². The molecule has 0 aliphatic heterocycles. The van der Waals surface area contributed by atoms with E-state index >= 15 is 0 Å². The fourth-order valence-corrected chi connectivity index (χ4v) is 8.10. The van der Waals surface area contributed by atoms with Crippen LogP contribution in [0.25, 0.3) is 67.5 Å². The molecule has 2 aliphatic rings. The fourth-order valence-electron chi connectivity index (χ4n) is 8.10. The Hall–Kier alpha value is -6.18. The van der Waals surface area contributed by atoms with E-state index in [1.54, 1.807) is 0 Å². The van der Waals surface area contributed by atoms with Crippen molar-refractivity contribution in [1.82, 2.24) is 15.0 Å². The standard InChI is InChI=1S/C46H34N4/c47-30-31-20-23-41-40(26-31)39-22-21-37(29-42(39)46(41)24-8-3-9-25-46)35-17-10-16-34(27-35)36-18-11-19-38(28-36)45-49-43(32-12-4-1-5-13-32)48-44(50-45)33-14-6-2-7-15-33/h1-2,4-7,10-23,26-29H,3,8-9,24-25H2. The van der Waals surface area contributed by atoms with Gasteiger partial charge in [-0.2, -0.15) is 5.26 Å². The smallest absolute Gasteiger partial charge is 0.164 e. The van der Waals surface area contributed by atoms with Crippen LogP contribution in [0.2, 0.25) is 0 Å². The lowest BCUT2D eigenvalue weighted by molar-refractivity contribution is 0.353. The van der Waals surface area contributed by atoms with Crippen LogP contribution < -0.4 is 0 Å². The summed E-state index contributed by atoms with van der Waals surface area (Å²) in [6.07, 6.45) is 6.06. The van der Waals surface area contributed by atoms with Crippen LogP contribution in [0, 0.1) is 11.3 Å². The Morgan fingerprint density at radius 3 is 1.54 bits per heavy atom. The minimum atomic E-state index is 0.0284. The molecule has 1 spiro atoms. The molecule has 0 N–H and O–H groups in total. The predicted octanol–water partition coefficient (Wildman–Crippen LogP) is 11.3. The van der Waals surface area contributed by atoms with Crippen LogP contribution in [-0.2, 0) is 5.41 Å². The van der Waals surface area contributed by atoms with E-state index in [0.717, 1.165) is 46.2 Å². The highest BCUT2D eigenvalue weighted by Gasteiger charge is 2.43.